The Morgan fingerprint density at radius 1 is 0.455 bits per heavy atom. The quantitative estimate of drug-likeness (QED) is 0.167. The molecule has 0 nitrogen and oxygen atoms in total. The summed E-state index contributed by atoms with van der Waals surface area (Å²) in [6.45, 7) is 14.1. The van der Waals surface area contributed by atoms with Crippen LogP contribution in [0.2, 0.25) is 0 Å². The first-order valence-electron chi connectivity index (χ1n) is 12.4. The van der Waals surface area contributed by atoms with Gasteiger partial charge in [-0.25, -0.2) is 0 Å². The second kappa shape index (κ2) is 17.7. The zero-order valence-corrected chi connectivity index (χ0v) is 22.2. The van der Waals surface area contributed by atoms with Gasteiger partial charge in [-0.3, -0.25) is 0 Å². The minimum atomic E-state index is -4.20. The van der Waals surface area contributed by atoms with Crippen molar-refractivity contribution < 1.29 is 13.2 Å². The van der Waals surface area contributed by atoms with Crippen LogP contribution in [-0.2, 0) is 0 Å². The molecule has 0 fully saturated rings. The normalized spacial score (nSPS) is 14.7. The van der Waals surface area contributed by atoms with Gasteiger partial charge in [0.2, 0.25) is 0 Å². The van der Waals surface area contributed by atoms with Crippen LogP contribution < -0.4 is 0 Å². The van der Waals surface area contributed by atoms with E-state index < -0.39 is 11.7 Å². The third kappa shape index (κ3) is 19.4. The van der Waals surface area contributed by atoms with Crippen LogP contribution in [0.15, 0.2) is 69.9 Å². The molecule has 0 unspecified atom stereocenters. The van der Waals surface area contributed by atoms with Gasteiger partial charge in [0.15, 0.2) is 0 Å². The number of hydrogen-bond acceptors (Lipinski definition) is 0. The van der Waals surface area contributed by atoms with E-state index in [1.165, 1.54) is 28.4 Å². The van der Waals surface area contributed by atoms with Crippen LogP contribution in [0, 0.1) is 0 Å². The molecule has 0 aromatic carbocycles. The molecule has 0 aliphatic carbocycles. The van der Waals surface area contributed by atoms with Gasteiger partial charge in [0, 0.05) is 5.57 Å². The number of allylic oxidation sites excluding steroid dienone is 12. The SMILES string of the molecule is CC(C)=CCC/C(C)=C/CC/C(C)=C/CC/C=C(\C)CC/C=C(\C)CC/C=C(/C)C(F)(F)F. The minimum absolute atomic E-state index is 0.444. The first-order chi connectivity index (χ1) is 15.4. The third-order valence-corrected chi connectivity index (χ3v) is 5.74. The lowest BCUT2D eigenvalue weighted by molar-refractivity contribution is -0.0915. The van der Waals surface area contributed by atoms with E-state index >= 15 is 0 Å². The summed E-state index contributed by atoms with van der Waals surface area (Å²) in [6.07, 6.45) is 18.4. The smallest absolute Gasteiger partial charge is 0.167 e. The largest absolute Gasteiger partial charge is 0.412 e. The molecule has 33 heavy (non-hydrogen) atoms. The van der Waals surface area contributed by atoms with E-state index in [9.17, 15) is 13.2 Å². The van der Waals surface area contributed by atoms with Gasteiger partial charge in [-0.15, -0.1) is 0 Å². The predicted octanol–water partition coefficient (Wildman–Crippen LogP) is 11.1. The molecule has 0 N–H and O–H groups in total. The van der Waals surface area contributed by atoms with Gasteiger partial charge in [0.1, 0.15) is 0 Å². The van der Waals surface area contributed by atoms with Crippen LogP contribution in [0.4, 0.5) is 13.2 Å². The van der Waals surface area contributed by atoms with Gasteiger partial charge in [-0.2, -0.15) is 13.2 Å². The molecule has 0 spiro atoms. The van der Waals surface area contributed by atoms with E-state index in [-0.39, 0.29) is 0 Å². The summed E-state index contributed by atoms with van der Waals surface area (Å²) in [5, 5.41) is 0. The van der Waals surface area contributed by atoms with Crippen LogP contribution in [0.25, 0.3) is 0 Å². The molecule has 0 aromatic rings. The van der Waals surface area contributed by atoms with Gasteiger partial charge in [-0.1, -0.05) is 64.3 Å². The van der Waals surface area contributed by atoms with Crippen LogP contribution in [0.5, 0.6) is 0 Å². The van der Waals surface area contributed by atoms with E-state index in [1.807, 2.05) is 6.92 Å². The molecule has 0 rings (SSSR count). The number of hydrogen-bond donors (Lipinski definition) is 0. The van der Waals surface area contributed by atoms with Crippen molar-refractivity contribution in [2.75, 3.05) is 0 Å². The fraction of sp³-hybridized carbons (Fsp3) is 0.600. The molecule has 0 heterocycles. The molecule has 0 atom stereocenters. The highest BCUT2D eigenvalue weighted by atomic mass is 19.4. The summed E-state index contributed by atoms with van der Waals surface area (Å²) in [6, 6.07) is 0. The van der Waals surface area contributed by atoms with Crippen molar-refractivity contribution in [1.29, 1.82) is 0 Å². The Labute approximate surface area is 202 Å². The van der Waals surface area contributed by atoms with Crippen molar-refractivity contribution in [3.05, 3.63) is 69.9 Å². The number of unbranched alkanes of at least 4 members (excludes halogenated alkanes) is 1. The summed E-state index contributed by atoms with van der Waals surface area (Å²) >= 11 is 0. The highest BCUT2D eigenvalue weighted by Crippen LogP contribution is 2.25. The Morgan fingerprint density at radius 2 is 0.758 bits per heavy atom. The first kappa shape index (κ1) is 31.2. The highest BCUT2D eigenvalue weighted by molar-refractivity contribution is 5.09. The topological polar surface area (TPSA) is 0 Å². The second-order valence-corrected chi connectivity index (χ2v) is 9.60. The summed E-state index contributed by atoms with van der Waals surface area (Å²) < 4.78 is 37.4. The monoisotopic (exact) mass is 464 g/mol. The summed E-state index contributed by atoms with van der Waals surface area (Å²) in [5.74, 6) is 0. The van der Waals surface area contributed by atoms with E-state index in [4.69, 9.17) is 0 Å². The van der Waals surface area contributed by atoms with E-state index in [1.54, 1.807) is 0 Å². The average molecular weight is 465 g/mol. The zero-order valence-electron chi connectivity index (χ0n) is 22.2. The standard InChI is InChI=1S/C30H47F3/c1-24(2)14-10-17-27(5)20-11-18-25(3)15-8-9-16-26(4)19-12-21-28(6)22-13-23-29(7)30(31,32)33/h14-16,20-21,23H,8-13,17-19,22H2,1-7H3/b25-15+,26-16+,27-20+,28-21+,29-23-. The van der Waals surface area contributed by atoms with Crippen molar-refractivity contribution in [3.63, 3.8) is 0 Å². The second-order valence-electron chi connectivity index (χ2n) is 9.60. The molecule has 3 heteroatoms. The lowest BCUT2D eigenvalue weighted by Gasteiger charge is -2.06. The van der Waals surface area contributed by atoms with Crippen molar-refractivity contribution in [1.82, 2.24) is 0 Å². The Bertz CT molecular complexity index is 733. The van der Waals surface area contributed by atoms with Gasteiger partial charge in [0.25, 0.3) is 0 Å². The lowest BCUT2D eigenvalue weighted by Crippen LogP contribution is -2.08. The van der Waals surface area contributed by atoms with E-state index in [0.717, 1.165) is 63.9 Å². The number of rotatable bonds is 15. The van der Waals surface area contributed by atoms with Crippen LogP contribution in [0.3, 0.4) is 0 Å². The Balaban J connectivity index is 4.15. The van der Waals surface area contributed by atoms with Crippen molar-refractivity contribution in [2.24, 2.45) is 0 Å². The molecule has 0 saturated carbocycles. The molecule has 0 aliphatic heterocycles. The predicted molar refractivity (Wildman–Crippen MR) is 140 cm³/mol. The molecule has 0 bridgehead atoms. The van der Waals surface area contributed by atoms with Crippen molar-refractivity contribution in [2.45, 2.75) is 119 Å². The van der Waals surface area contributed by atoms with E-state index in [0.29, 0.717) is 12.8 Å². The summed E-state index contributed by atoms with van der Waals surface area (Å²) in [5.41, 5.74) is 6.38. The molecular formula is C30H47F3. The van der Waals surface area contributed by atoms with E-state index in [2.05, 4.69) is 65.0 Å². The fourth-order valence-electron chi connectivity index (χ4n) is 3.38. The summed E-state index contributed by atoms with van der Waals surface area (Å²) in [4.78, 5) is 0. The average Bonchev–Trinajstić information content (AvgIpc) is 2.70. The van der Waals surface area contributed by atoms with Gasteiger partial charge in [-0.05, 0) is 113 Å². The molecule has 0 radical (unpaired) electrons. The minimum Gasteiger partial charge on any atom is -0.167 e. The number of alkyl halides is 3. The van der Waals surface area contributed by atoms with Crippen molar-refractivity contribution in [3.8, 4) is 0 Å². The van der Waals surface area contributed by atoms with Gasteiger partial charge in [0.05, 0.1) is 0 Å². The Hall–Kier alpha value is -1.77. The van der Waals surface area contributed by atoms with Crippen LogP contribution >= 0.6 is 0 Å². The van der Waals surface area contributed by atoms with Crippen LogP contribution in [0.1, 0.15) is 113 Å². The maximum atomic E-state index is 12.5. The Kier molecular flexibility index (Phi) is 16.7. The molecule has 0 saturated heterocycles. The highest BCUT2D eigenvalue weighted by Gasteiger charge is 2.29. The van der Waals surface area contributed by atoms with Crippen molar-refractivity contribution >= 4 is 0 Å². The molecule has 0 amide bonds. The maximum Gasteiger partial charge on any atom is 0.412 e. The number of halogens is 3. The fourth-order valence-corrected chi connectivity index (χ4v) is 3.38. The maximum absolute atomic E-state index is 12.5. The lowest BCUT2D eigenvalue weighted by atomic mass is 10.0. The molecule has 188 valence electrons. The molecule has 0 aliphatic rings. The first-order valence-corrected chi connectivity index (χ1v) is 12.4. The Morgan fingerprint density at radius 3 is 1.09 bits per heavy atom. The van der Waals surface area contributed by atoms with Crippen LogP contribution in [-0.4, -0.2) is 6.18 Å². The third-order valence-electron chi connectivity index (χ3n) is 5.74. The molecular weight excluding hydrogens is 417 g/mol. The zero-order chi connectivity index (χ0) is 25.3. The summed E-state index contributed by atoms with van der Waals surface area (Å²) in [7, 11) is 0. The van der Waals surface area contributed by atoms with Gasteiger partial charge < -0.3 is 0 Å². The van der Waals surface area contributed by atoms with Gasteiger partial charge >= 0.3 is 6.18 Å². The molecule has 0 aromatic heterocycles.